The Morgan fingerprint density at radius 3 is 2.44 bits per heavy atom. The van der Waals surface area contributed by atoms with Crippen LogP contribution < -0.4 is 25.8 Å². The number of nitrogens with zero attached hydrogens (tertiary/aromatic N) is 1. The van der Waals surface area contributed by atoms with E-state index in [1.165, 1.54) is 14.2 Å². The van der Waals surface area contributed by atoms with Crippen molar-refractivity contribution in [3.05, 3.63) is 22.8 Å². The number of aryl methyl sites for hydroxylation is 1. The molecule has 0 heterocycles. The van der Waals surface area contributed by atoms with Crippen LogP contribution in [0.5, 0.6) is 5.75 Å². The van der Waals surface area contributed by atoms with Gasteiger partial charge in [0.15, 0.2) is 0 Å². The normalized spacial score (nSPS) is 12.7. The molecule has 1 aromatic rings. The third kappa shape index (κ3) is 7.57. The predicted molar refractivity (Wildman–Crippen MR) is 118 cm³/mol. The number of methoxy groups -OCH3 is 2. The van der Waals surface area contributed by atoms with Crippen molar-refractivity contribution in [1.82, 2.24) is 15.4 Å². The lowest BCUT2D eigenvalue weighted by molar-refractivity contribution is -0.124. The molecule has 0 aromatic heterocycles. The fourth-order valence-electron chi connectivity index (χ4n) is 3.05. The predicted octanol–water partition coefficient (Wildman–Crippen LogP) is 0.350. The maximum atomic E-state index is 12.8. The molecule has 0 aliphatic carbocycles. The van der Waals surface area contributed by atoms with Gasteiger partial charge in [-0.15, -0.1) is 0 Å². The van der Waals surface area contributed by atoms with E-state index in [1.54, 1.807) is 26.8 Å². The van der Waals surface area contributed by atoms with Crippen molar-refractivity contribution in [3.8, 4) is 5.75 Å². The molecule has 12 nitrogen and oxygen atoms in total. The van der Waals surface area contributed by atoms with Crippen LogP contribution in [0.3, 0.4) is 0 Å². The van der Waals surface area contributed by atoms with Crippen molar-refractivity contribution >= 4 is 28.0 Å². The summed E-state index contributed by atoms with van der Waals surface area (Å²) in [4.78, 5) is 26.9. The Labute approximate surface area is 187 Å². The van der Waals surface area contributed by atoms with E-state index in [0.717, 1.165) is 0 Å². The molecule has 0 aliphatic rings. The summed E-state index contributed by atoms with van der Waals surface area (Å²) in [5, 5.41) is 13.4. The van der Waals surface area contributed by atoms with Gasteiger partial charge in [0.05, 0.1) is 12.0 Å². The number of sulfonamides is 1. The quantitative estimate of drug-likeness (QED) is 0.132. The van der Waals surface area contributed by atoms with Gasteiger partial charge < -0.3 is 30.9 Å². The highest BCUT2D eigenvalue weighted by Gasteiger charge is 2.24. The number of guanidine groups is 1. The second-order valence-electron chi connectivity index (χ2n) is 6.97. The minimum absolute atomic E-state index is 0.0623. The summed E-state index contributed by atoms with van der Waals surface area (Å²) in [6, 6.07) is 0.623. The van der Waals surface area contributed by atoms with Crippen molar-refractivity contribution in [2.45, 2.75) is 44.6 Å². The highest BCUT2D eigenvalue weighted by atomic mass is 32.2. The van der Waals surface area contributed by atoms with Crippen molar-refractivity contribution < 1.29 is 32.6 Å². The first kappa shape index (κ1) is 27.0. The summed E-state index contributed by atoms with van der Waals surface area (Å²) in [7, 11) is -1.10. The van der Waals surface area contributed by atoms with Gasteiger partial charge >= 0.3 is 6.09 Å². The van der Waals surface area contributed by atoms with E-state index in [0.29, 0.717) is 22.4 Å². The number of carbonyl (C=O) groups excluding carboxylic acids is 1. The van der Waals surface area contributed by atoms with E-state index in [4.69, 9.17) is 20.3 Å². The van der Waals surface area contributed by atoms with Gasteiger partial charge in [-0.25, -0.2) is 17.9 Å². The van der Waals surface area contributed by atoms with E-state index >= 15 is 0 Å². The topological polar surface area (TPSA) is 181 Å². The van der Waals surface area contributed by atoms with Gasteiger partial charge in [0.1, 0.15) is 18.5 Å². The fraction of sp³-hybridized carbons (Fsp3) is 0.526. The average Bonchev–Trinajstić information content (AvgIpc) is 2.70. The molecule has 1 atom stereocenters. The van der Waals surface area contributed by atoms with E-state index in [1.807, 2.05) is 0 Å². The number of amides is 2. The Morgan fingerprint density at radius 1 is 1.22 bits per heavy atom. The van der Waals surface area contributed by atoms with Gasteiger partial charge in [0.25, 0.3) is 10.0 Å². The van der Waals surface area contributed by atoms with Crippen LogP contribution in [0.2, 0.25) is 0 Å². The van der Waals surface area contributed by atoms with Gasteiger partial charge in [-0.1, -0.05) is 0 Å². The Morgan fingerprint density at radius 2 is 1.88 bits per heavy atom. The molecule has 180 valence electrons. The maximum Gasteiger partial charge on any atom is 0.405 e. The number of hydrogen-bond donors (Lipinski definition) is 5. The number of ether oxygens (including phenoxy) is 2. The molecule has 2 amide bonds. The van der Waals surface area contributed by atoms with Gasteiger partial charge in [0.2, 0.25) is 11.9 Å². The Kier molecular flexibility index (Phi) is 10.2. The van der Waals surface area contributed by atoms with Gasteiger partial charge in [-0.3, -0.25) is 9.79 Å². The van der Waals surface area contributed by atoms with Crippen molar-refractivity contribution in [2.24, 2.45) is 10.7 Å². The average molecular weight is 474 g/mol. The van der Waals surface area contributed by atoms with E-state index < -0.39 is 28.1 Å². The zero-order valence-electron chi connectivity index (χ0n) is 18.8. The standard InChI is InChI=1S/C19H31N5O7S/c1-11-9-15(31-5)12(2)13(3)16(11)32(28,29)24-18(20)21-8-6-7-14(23-19(26)27)17(25)22-10-30-4/h9,14,23H,6-8,10H2,1-5H3,(H,22,25)(H,26,27)(H3,20,21,24)/t14-/m0/s1. The minimum Gasteiger partial charge on any atom is -0.496 e. The summed E-state index contributed by atoms with van der Waals surface area (Å²) >= 11 is 0. The molecule has 13 heteroatoms. The number of carbonyl (C=O) groups is 2. The summed E-state index contributed by atoms with van der Waals surface area (Å²) in [6.07, 6.45) is -0.951. The number of carboxylic acid groups (broad SMARTS) is 1. The molecule has 0 saturated heterocycles. The lowest BCUT2D eigenvalue weighted by atomic mass is 10.1. The van der Waals surface area contributed by atoms with Crippen LogP contribution in [0.4, 0.5) is 4.79 Å². The third-order valence-electron chi connectivity index (χ3n) is 4.64. The lowest BCUT2D eigenvalue weighted by Gasteiger charge is -2.17. The van der Waals surface area contributed by atoms with Crippen LogP contribution in [0.25, 0.3) is 0 Å². The molecular formula is C19H31N5O7S. The van der Waals surface area contributed by atoms with Crippen LogP contribution in [0.15, 0.2) is 16.0 Å². The largest absolute Gasteiger partial charge is 0.496 e. The first-order valence-corrected chi connectivity index (χ1v) is 11.2. The van der Waals surface area contributed by atoms with Crippen LogP contribution in [-0.4, -0.2) is 65.0 Å². The Bertz CT molecular complexity index is 963. The zero-order valence-corrected chi connectivity index (χ0v) is 19.6. The number of rotatable bonds is 11. The van der Waals surface area contributed by atoms with Gasteiger partial charge in [-0.2, -0.15) is 0 Å². The fourth-order valence-corrected chi connectivity index (χ4v) is 4.53. The van der Waals surface area contributed by atoms with E-state index in [9.17, 15) is 18.0 Å². The number of benzene rings is 1. The molecule has 0 unspecified atom stereocenters. The molecule has 6 N–H and O–H groups in total. The van der Waals surface area contributed by atoms with E-state index in [-0.39, 0.29) is 37.0 Å². The zero-order chi connectivity index (χ0) is 24.5. The lowest BCUT2D eigenvalue weighted by Crippen LogP contribution is -2.46. The highest BCUT2D eigenvalue weighted by Crippen LogP contribution is 2.30. The number of nitrogens with one attached hydrogen (secondary N) is 3. The van der Waals surface area contributed by atoms with Crippen molar-refractivity contribution in [2.75, 3.05) is 27.5 Å². The Hall–Kier alpha value is -3.06. The van der Waals surface area contributed by atoms with Crippen molar-refractivity contribution in [1.29, 1.82) is 0 Å². The summed E-state index contributed by atoms with van der Waals surface area (Å²) < 4.78 is 37.9. The van der Waals surface area contributed by atoms with Gasteiger partial charge in [0, 0.05) is 13.7 Å². The molecule has 1 aromatic carbocycles. The van der Waals surface area contributed by atoms with Crippen LogP contribution >= 0.6 is 0 Å². The first-order chi connectivity index (χ1) is 14.9. The number of aliphatic imine (C=N–C) groups is 1. The number of nitrogens with two attached hydrogens (primary N) is 1. The van der Waals surface area contributed by atoms with Crippen LogP contribution in [-0.2, 0) is 19.6 Å². The maximum absolute atomic E-state index is 12.8. The second-order valence-corrected chi connectivity index (χ2v) is 8.58. The molecule has 0 fully saturated rings. The van der Waals surface area contributed by atoms with Gasteiger partial charge in [-0.05, 0) is 56.4 Å². The molecule has 0 radical (unpaired) electrons. The number of hydrogen-bond acceptors (Lipinski definition) is 7. The van der Waals surface area contributed by atoms with Crippen LogP contribution in [0, 0.1) is 20.8 Å². The highest BCUT2D eigenvalue weighted by molar-refractivity contribution is 7.90. The van der Waals surface area contributed by atoms with Crippen LogP contribution in [0.1, 0.15) is 29.5 Å². The molecular weight excluding hydrogens is 442 g/mol. The summed E-state index contributed by atoms with van der Waals surface area (Å²) in [6.45, 7) is 5.10. The molecule has 0 spiro atoms. The third-order valence-corrected chi connectivity index (χ3v) is 6.29. The molecule has 0 bridgehead atoms. The van der Waals surface area contributed by atoms with Crippen molar-refractivity contribution in [3.63, 3.8) is 0 Å². The second kappa shape index (κ2) is 12.1. The molecule has 1 rings (SSSR count). The SMILES string of the molecule is COCNC(=O)[C@H](CCCN=C(N)NS(=O)(=O)c1c(C)cc(OC)c(C)c1C)NC(=O)O. The smallest absolute Gasteiger partial charge is 0.405 e. The van der Waals surface area contributed by atoms with E-state index in [2.05, 4.69) is 20.3 Å². The minimum atomic E-state index is -3.99. The first-order valence-electron chi connectivity index (χ1n) is 9.68. The molecule has 32 heavy (non-hydrogen) atoms. The molecule has 0 aliphatic heterocycles. The molecule has 0 saturated carbocycles. The monoisotopic (exact) mass is 473 g/mol. The summed E-state index contributed by atoms with van der Waals surface area (Å²) in [5.41, 5.74) is 7.47. The summed E-state index contributed by atoms with van der Waals surface area (Å²) in [5.74, 6) is -0.281. The Balaban J connectivity index is 2.82.